The molecule has 0 aliphatic carbocycles. The second-order valence-electron chi connectivity index (χ2n) is 7.42. The lowest BCUT2D eigenvalue weighted by atomic mass is 9.94. The van der Waals surface area contributed by atoms with Crippen LogP contribution in [0.5, 0.6) is 0 Å². The summed E-state index contributed by atoms with van der Waals surface area (Å²) in [5.74, 6) is 0. The summed E-state index contributed by atoms with van der Waals surface area (Å²) >= 11 is 0. The van der Waals surface area contributed by atoms with Gasteiger partial charge < -0.3 is 21.3 Å². The lowest BCUT2D eigenvalue weighted by Gasteiger charge is -2.25. The number of nitrogens with two attached hydrogens (primary N) is 1. The van der Waals surface area contributed by atoms with Crippen LogP contribution in [0.1, 0.15) is 17.5 Å². The summed E-state index contributed by atoms with van der Waals surface area (Å²) in [6, 6.07) is 22.4. The lowest BCUT2D eigenvalue weighted by molar-refractivity contribution is 0.105. The second-order valence-corrected chi connectivity index (χ2v) is 7.42. The van der Waals surface area contributed by atoms with Crippen molar-refractivity contribution in [3.8, 4) is 11.3 Å². The molecule has 0 saturated heterocycles. The third-order valence-corrected chi connectivity index (χ3v) is 5.03. The van der Waals surface area contributed by atoms with Crippen LogP contribution in [0.2, 0.25) is 0 Å². The average molecular weight is 405 g/mol. The van der Waals surface area contributed by atoms with Gasteiger partial charge >= 0.3 is 6.09 Å². The van der Waals surface area contributed by atoms with Crippen LogP contribution in [0.3, 0.4) is 0 Å². The Hall–Kier alpha value is -3.22. The largest absolute Gasteiger partial charge is 0.465 e. The molecule has 30 heavy (non-hydrogen) atoms. The molecule has 0 bridgehead atoms. The van der Waals surface area contributed by atoms with Crippen LogP contribution in [0.25, 0.3) is 11.3 Å². The Kier molecular flexibility index (Phi) is 7.54. The maximum absolute atomic E-state index is 11.2. The van der Waals surface area contributed by atoms with E-state index in [2.05, 4.69) is 10.3 Å². The van der Waals surface area contributed by atoms with E-state index in [-0.39, 0.29) is 6.04 Å². The van der Waals surface area contributed by atoms with Gasteiger partial charge in [0.2, 0.25) is 0 Å². The summed E-state index contributed by atoms with van der Waals surface area (Å²) in [4.78, 5) is 15.5. The van der Waals surface area contributed by atoms with E-state index in [4.69, 9.17) is 10.8 Å². The minimum Gasteiger partial charge on any atom is -0.465 e. The van der Waals surface area contributed by atoms with Crippen molar-refractivity contribution in [2.75, 3.05) is 0 Å². The SMILES string of the molecule is N[C@H](Cc1ccc(-c2ccccn2)cc1)C[C@@H](O)[C@H](Cc1ccccc1)NC(=O)O. The Bertz CT molecular complexity index is 917. The zero-order valence-corrected chi connectivity index (χ0v) is 16.7. The van der Waals surface area contributed by atoms with E-state index >= 15 is 0 Å². The maximum Gasteiger partial charge on any atom is 0.404 e. The van der Waals surface area contributed by atoms with Crippen molar-refractivity contribution in [1.29, 1.82) is 0 Å². The van der Waals surface area contributed by atoms with Crippen molar-refractivity contribution in [1.82, 2.24) is 10.3 Å². The number of nitrogens with one attached hydrogen (secondary N) is 1. The van der Waals surface area contributed by atoms with Gasteiger partial charge in [0.25, 0.3) is 0 Å². The van der Waals surface area contributed by atoms with Gasteiger partial charge in [0.05, 0.1) is 17.8 Å². The van der Waals surface area contributed by atoms with Gasteiger partial charge in [0.15, 0.2) is 0 Å². The topological polar surface area (TPSA) is 108 Å². The first kappa shape index (κ1) is 21.5. The molecule has 0 aliphatic rings. The highest BCUT2D eigenvalue weighted by Gasteiger charge is 2.23. The van der Waals surface area contributed by atoms with Gasteiger partial charge in [-0.25, -0.2) is 4.79 Å². The van der Waals surface area contributed by atoms with Crippen molar-refractivity contribution >= 4 is 6.09 Å². The Morgan fingerprint density at radius 1 is 0.933 bits per heavy atom. The number of carboxylic acid groups (broad SMARTS) is 1. The fourth-order valence-corrected chi connectivity index (χ4v) is 3.52. The Labute approximate surface area is 176 Å². The number of hydrogen-bond donors (Lipinski definition) is 4. The minimum absolute atomic E-state index is 0.291. The number of pyridine rings is 1. The van der Waals surface area contributed by atoms with Crippen LogP contribution >= 0.6 is 0 Å². The summed E-state index contributed by atoms with van der Waals surface area (Å²) in [5.41, 5.74) is 10.2. The first-order valence-corrected chi connectivity index (χ1v) is 9.98. The fraction of sp³-hybridized carbons (Fsp3) is 0.250. The quantitative estimate of drug-likeness (QED) is 0.437. The monoisotopic (exact) mass is 405 g/mol. The van der Waals surface area contributed by atoms with Crippen LogP contribution < -0.4 is 11.1 Å². The number of carbonyl (C=O) groups is 1. The Balaban J connectivity index is 1.59. The molecule has 0 spiro atoms. The Morgan fingerprint density at radius 2 is 1.60 bits per heavy atom. The van der Waals surface area contributed by atoms with Gasteiger partial charge in [-0.05, 0) is 42.5 Å². The van der Waals surface area contributed by atoms with Crippen molar-refractivity contribution in [2.24, 2.45) is 5.73 Å². The molecular weight excluding hydrogens is 378 g/mol. The van der Waals surface area contributed by atoms with Crippen LogP contribution in [0, 0.1) is 0 Å². The highest BCUT2D eigenvalue weighted by Crippen LogP contribution is 2.18. The number of hydrogen-bond acceptors (Lipinski definition) is 4. The van der Waals surface area contributed by atoms with E-state index in [0.29, 0.717) is 19.3 Å². The van der Waals surface area contributed by atoms with Gasteiger partial charge in [-0.2, -0.15) is 0 Å². The standard InChI is InChI=1S/C24H27N3O3/c25-20(14-18-9-11-19(12-10-18)21-8-4-5-13-26-21)16-23(28)22(27-24(29)30)15-17-6-2-1-3-7-17/h1-13,20,22-23,27-28H,14-16,25H2,(H,29,30)/t20-,22+,23-/m1/s1. The van der Waals surface area contributed by atoms with Crippen molar-refractivity contribution < 1.29 is 15.0 Å². The van der Waals surface area contributed by atoms with Gasteiger partial charge in [-0.15, -0.1) is 0 Å². The summed E-state index contributed by atoms with van der Waals surface area (Å²) in [5, 5.41) is 22.2. The number of nitrogens with zero attached hydrogens (tertiary/aromatic N) is 1. The molecule has 0 fully saturated rings. The smallest absolute Gasteiger partial charge is 0.404 e. The predicted molar refractivity (Wildman–Crippen MR) is 117 cm³/mol. The predicted octanol–water partition coefficient (Wildman–Crippen LogP) is 3.25. The first-order valence-electron chi connectivity index (χ1n) is 9.98. The summed E-state index contributed by atoms with van der Waals surface area (Å²) < 4.78 is 0. The molecule has 3 rings (SSSR count). The molecule has 3 aromatic rings. The van der Waals surface area contributed by atoms with Gasteiger partial charge in [-0.1, -0.05) is 60.7 Å². The molecule has 5 N–H and O–H groups in total. The fourth-order valence-electron chi connectivity index (χ4n) is 3.52. The van der Waals surface area contributed by atoms with Crippen LogP contribution in [-0.2, 0) is 12.8 Å². The maximum atomic E-state index is 11.2. The van der Waals surface area contributed by atoms with Crippen LogP contribution in [0.4, 0.5) is 4.79 Å². The molecular formula is C24H27N3O3. The van der Waals surface area contributed by atoms with E-state index in [1.54, 1.807) is 6.20 Å². The van der Waals surface area contributed by atoms with E-state index in [9.17, 15) is 9.90 Å². The molecule has 1 amide bonds. The summed E-state index contributed by atoms with van der Waals surface area (Å²) in [6.07, 6.45) is 1.000. The average Bonchev–Trinajstić information content (AvgIpc) is 2.75. The molecule has 1 aromatic heterocycles. The molecule has 156 valence electrons. The molecule has 2 aromatic carbocycles. The highest BCUT2D eigenvalue weighted by atomic mass is 16.4. The number of aromatic nitrogens is 1. The molecule has 6 nitrogen and oxygen atoms in total. The van der Waals surface area contributed by atoms with E-state index in [1.807, 2.05) is 72.8 Å². The van der Waals surface area contributed by atoms with Gasteiger partial charge in [-0.3, -0.25) is 4.98 Å². The molecule has 0 aliphatic heterocycles. The van der Waals surface area contributed by atoms with E-state index in [0.717, 1.165) is 22.4 Å². The zero-order valence-electron chi connectivity index (χ0n) is 16.7. The third kappa shape index (κ3) is 6.40. The molecule has 6 heteroatoms. The normalized spacial score (nSPS) is 13.9. The first-order chi connectivity index (χ1) is 14.5. The highest BCUT2D eigenvalue weighted by molar-refractivity contribution is 5.65. The second kappa shape index (κ2) is 10.5. The number of aliphatic hydroxyl groups excluding tert-OH is 1. The number of benzene rings is 2. The Morgan fingerprint density at radius 3 is 2.23 bits per heavy atom. The lowest BCUT2D eigenvalue weighted by Crippen LogP contribution is -2.46. The van der Waals surface area contributed by atoms with E-state index in [1.165, 1.54) is 0 Å². The molecule has 0 saturated carbocycles. The van der Waals surface area contributed by atoms with Crippen molar-refractivity contribution in [3.05, 3.63) is 90.1 Å². The summed E-state index contributed by atoms with van der Waals surface area (Å²) in [7, 11) is 0. The van der Waals surface area contributed by atoms with Crippen LogP contribution in [0.15, 0.2) is 79.0 Å². The molecule has 3 atom stereocenters. The van der Waals surface area contributed by atoms with E-state index < -0.39 is 18.2 Å². The van der Waals surface area contributed by atoms with Crippen molar-refractivity contribution in [2.45, 2.75) is 37.5 Å². The molecule has 1 heterocycles. The number of rotatable bonds is 9. The van der Waals surface area contributed by atoms with Crippen LogP contribution in [-0.4, -0.2) is 39.5 Å². The zero-order chi connectivity index (χ0) is 21.3. The molecule has 0 radical (unpaired) electrons. The van der Waals surface area contributed by atoms with Crippen molar-refractivity contribution in [3.63, 3.8) is 0 Å². The minimum atomic E-state index is -1.16. The van der Waals surface area contributed by atoms with Gasteiger partial charge in [0.1, 0.15) is 0 Å². The number of aliphatic hydroxyl groups is 1. The molecule has 0 unspecified atom stereocenters. The number of amides is 1. The van der Waals surface area contributed by atoms with Gasteiger partial charge in [0, 0.05) is 17.8 Å². The third-order valence-electron chi connectivity index (χ3n) is 5.03. The summed E-state index contributed by atoms with van der Waals surface area (Å²) in [6.45, 7) is 0.